The maximum atomic E-state index is 10.9. The van der Waals surface area contributed by atoms with E-state index in [1.807, 2.05) is 0 Å². The smallest absolute Gasteiger partial charge is 0.221 e. The van der Waals surface area contributed by atoms with Crippen molar-refractivity contribution in [3.8, 4) is 0 Å². The van der Waals surface area contributed by atoms with Crippen LogP contribution in [0.3, 0.4) is 0 Å². The highest BCUT2D eigenvalue weighted by Gasteiger charge is 2.41. The first-order chi connectivity index (χ1) is 9.88. The van der Waals surface area contributed by atoms with Crippen LogP contribution < -0.4 is 10.6 Å². The number of amides is 1. The minimum absolute atomic E-state index is 0.160. The van der Waals surface area contributed by atoms with Crippen molar-refractivity contribution in [2.75, 3.05) is 10.6 Å². The molecule has 1 aromatic carbocycles. The van der Waals surface area contributed by atoms with Crippen LogP contribution in [0, 0.1) is 0 Å². The van der Waals surface area contributed by atoms with Gasteiger partial charge in [-0.2, -0.15) is 0 Å². The van der Waals surface area contributed by atoms with Gasteiger partial charge in [0.2, 0.25) is 5.91 Å². The Morgan fingerprint density at radius 2 is 1.62 bits per heavy atom. The summed E-state index contributed by atoms with van der Waals surface area (Å²) >= 11 is 0. The summed E-state index contributed by atoms with van der Waals surface area (Å²) in [4.78, 5) is 10.9. The van der Waals surface area contributed by atoms with Crippen molar-refractivity contribution in [2.45, 2.75) is 44.5 Å². The van der Waals surface area contributed by atoms with Gasteiger partial charge in [-0.15, -0.1) is 0 Å². The van der Waals surface area contributed by atoms with E-state index in [0.29, 0.717) is 11.4 Å². The van der Waals surface area contributed by atoms with Crippen LogP contribution in [-0.2, 0) is 9.53 Å². The van der Waals surface area contributed by atoms with Crippen LogP contribution in [0.4, 0.5) is 11.4 Å². The van der Waals surface area contributed by atoms with Gasteiger partial charge in [-0.1, -0.05) is 0 Å². The van der Waals surface area contributed by atoms with Gasteiger partial charge in [-0.3, -0.25) is 4.79 Å². The van der Waals surface area contributed by atoms with Crippen molar-refractivity contribution in [3.63, 3.8) is 0 Å². The van der Waals surface area contributed by atoms with E-state index in [2.05, 4.69) is 10.6 Å². The molecule has 5 N–H and O–H groups in total. The first kappa shape index (κ1) is 15.7. The van der Waals surface area contributed by atoms with Gasteiger partial charge in [-0.25, -0.2) is 0 Å². The fraction of sp³-hybridized carbons (Fsp3) is 0.500. The largest absolute Gasteiger partial charge is 0.388 e. The number of carbonyl (C=O) groups is 1. The standard InChI is InChI=1S/C14H20N2O5/c1-7-11(18)12(19)13(20)14(21-7)16-10-5-3-9(4-6-10)15-8(2)17/h3-7,11-14,16,18-20H,1-2H3,(H,15,17). The van der Waals surface area contributed by atoms with Gasteiger partial charge >= 0.3 is 0 Å². The van der Waals surface area contributed by atoms with Crippen molar-refractivity contribution < 1.29 is 24.9 Å². The molecular formula is C14H20N2O5. The number of rotatable bonds is 3. The van der Waals surface area contributed by atoms with Crippen LogP contribution >= 0.6 is 0 Å². The maximum Gasteiger partial charge on any atom is 0.221 e. The van der Waals surface area contributed by atoms with E-state index < -0.39 is 30.6 Å². The molecule has 7 heteroatoms. The van der Waals surface area contributed by atoms with Gasteiger partial charge in [0, 0.05) is 18.3 Å². The molecule has 1 aliphatic heterocycles. The Hall–Kier alpha value is -1.67. The Morgan fingerprint density at radius 1 is 1.05 bits per heavy atom. The minimum Gasteiger partial charge on any atom is -0.388 e. The van der Waals surface area contributed by atoms with Crippen LogP contribution in [0.1, 0.15) is 13.8 Å². The lowest BCUT2D eigenvalue weighted by molar-refractivity contribution is -0.209. The molecular weight excluding hydrogens is 276 g/mol. The molecule has 0 bridgehead atoms. The molecule has 1 aliphatic rings. The highest BCUT2D eigenvalue weighted by molar-refractivity contribution is 5.88. The zero-order chi connectivity index (χ0) is 15.6. The zero-order valence-electron chi connectivity index (χ0n) is 11.9. The number of aliphatic hydroxyl groups excluding tert-OH is 3. The van der Waals surface area contributed by atoms with Gasteiger partial charge in [-0.05, 0) is 31.2 Å². The quantitative estimate of drug-likeness (QED) is 0.532. The predicted octanol–water partition coefficient (Wildman–Crippen LogP) is -0.116. The molecule has 0 aromatic heterocycles. The first-order valence-corrected chi connectivity index (χ1v) is 6.72. The average molecular weight is 296 g/mol. The third-order valence-electron chi connectivity index (χ3n) is 3.37. The van der Waals surface area contributed by atoms with Gasteiger partial charge in [0.1, 0.15) is 18.3 Å². The van der Waals surface area contributed by atoms with E-state index in [9.17, 15) is 20.1 Å². The molecule has 21 heavy (non-hydrogen) atoms. The molecule has 1 amide bonds. The molecule has 1 heterocycles. The third-order valence-corrected chi connectivity index (χ3v) is 3.37. The molecule has 7 nitrogen and oxygen atoms in total. The Balaban J connectivity index is 2.02. The number of ether oxygens (including phenoxy) is 1. The van der Waals surface area contributed by atoms with Crippen molar-refractivity contribution in [1.82, 2.24) is 0 Å². The number of hydrogen-bond donors (Lipinski definition) is 5. The second-order valence-corrected chi connectivity index (χ2v) is 5.14. The molecule has 2 rings (SSSR count). The van der Waals surface area contributed by atoms with Gasteiger partial charge in [0.05, 0.1) is 6.10 Å². The number of carbonyl (C=O) groups excluding carboxylic acids is 1. The van der Waals surface area contributed by atoms with Crippen molar-refractivity contribution in [2.24, 2.45) is 0 Å². The van der Waals surface area contributed by atoms with E-state index in [-0.39, 0.29) is 5.91 Å². The summed E-state index contributed by atoms with van der Waals surface area (Å²) < 4.78 is 5.44. The lowest BCUT2D eigenvalue weighted by Crippen LogP contribution is -2.58. The highest BCUT2D eigenvalue weighted by Crippen LogP contribution is 2.23. The van der Waals surface area contributed by atoms with E-state index in [4.69, 9.17) is 4.74 Å². The molecule has 1 aromatic rings. The van der Waals surface area contributed by atoms with Crippen molar-refractivity contribution in [3.05, 3.63) is 24.3 Å². The summed E-state index contributed by atoms with van der Waals surface area (Å²) in [6, 6.07) is 6.83. The minimum atomic E-state index is -1.27. The molecule has 0 spiro atoms. The number of benzene rings is 1. The Morgan fingerprint density at radius 3 is 2.19 bits per heavy atom. The molecule has 1 fully saturated rings. The number of nitrogens with one attached hydrogen (secondary N) is 2. The Labute approximate surface area is 122 Å². The monoisotopic (exact) mass is 296 g/mol. The number of hydrogen-bond acceptors (Lipinski definition) is 6. The van der Waals surface area contributed by atoms with Crippen LogP contribution in [0.25, 0.3) is 0 Å². The van der Waals surface area contributed by atoms with Crippen LogP contribution in [-0.4, -0.2) is 51.9 Å². The lowest BCUT2D eigenvalue weighted by atomic mass is 9.99. The van der Waals surface area contributed by atoms with Gasteiger partial charge in [0.25, 0.3) is 0 Å². The van der Waals surface area contributed by atoms with Crippen LogP contribution in [0.15, 0.2) is 24.3 Å². The summed E-state index contributed by atoms with van der Waals surface area (Å²) in [6.07, 6.45) is -5.07. The topological polar surface area (TPSA) is 111 Å². The highest BCUT2D eigenvalue weighted by atomic mass is 16.5. The van der Waals surface area contributed by atoms with E-state index in [1.54, 1.807) is 31.2 Å². The summed E-state index contributed by atoms with van der Waals surface area (Å²) in [7, 11) is 0. The second-order valence-electron chi connectivity index (χ2n) is 5.14. The lowest BCUT2D eigenvalue weighted by Gasteiger charge is -2.39. The SMILES string of the molecule is CC(=O)Nc1ccc(NC2OC(C)C(O)C(O)C2O)cc1. The van der Waals surface area contributed by atoms with Crippen LogP contribution in [0.5, 0.6) is 0 Å². The Kier molecular flexibility index (Phi) is 4.79. The van der Waals surface area contributed by atoms with Crippen molar-refractivity contribution in [1.29, 1.82) is 0 Å². The second kappa shape index (κ2) is 6.40. The molecule has 116 valence electrons. The van der Waals surface area contributed by atoms with Gasteiger partial charge in [0.15, 0.2) is 6.23 Å². The summed E-state index contributed by atoms with van der Waals surface area (Å²) in [5.41, 5.74) is 1.31. The normalized spacial score (nSPS) is 32.5. The molecule has 5 atom stereocenters. The molecule has 5 unspecified atom stereocenters. The fourth-order valence-corrected chi connectivity index (χ4v) is 2.19. The molecule has 0 aliphatic carbocycles. The summed E-state index contributed by atoms with van der Waals surface area (Å²) in [5.74, 6) is -0.160. The summed E-state index contributed by atoms with van der Waals surface area (Å²) in [5, 5.41) is 34.8. The van der Waals surface area contributed by atoms with E-state index >= 15 is 0 Å². The van der Waals surface area contributed by atoms with Gasteiger partial charge < -0.3 is 30.7 Å². The average Bonchev–Trinajstić information content (AvgIpc) is 2.44. The molecule has 1 saturated heterocycles. The third kappa shape index (κ3) is 3.70. The fourth-order valence-electron chi connectivity index (χ4n) is 2.19. The maximum absolute atomic E-state index is 10.9. The first-order valence-electron chi connectivity index (χ1n) is 6.72. The zero-order valence-corrected chi connectivity index (χ0v) is 11.9. The number of anilines is 2. The van der Waals surface area contributed by atoms with E-state index in [1.165, 1.54) is 6.92 Å². The number of aliphatic hydroxyl groups is 3. The molecule has 0 saturated carbocycles. The predicted molar refractivity (Wildman–Crippen MR) is 76.7 cm³/mol. The summed E-state index contributed by atoms with van der Waals surface area (Å²) in [6.45, 7) is 3.04. The Bertz CT molecular complexity index is 493. The molecule has 0 radical (unpaired) electrons. The van der Waals surface area contributed by atoms with Crippen LogP contribution in [0.2, 0.25) is 0 Å². The van der Waals surface area contributed by atoms with E-state index in [0.717, 1.165) is 0 Å². The van der Waals surface area contributed by atoms with Crippen molar-refractivity contribution >= 4 is 17.3 Å².